The van der Waals surface area contributed by atoms with Gasteiger partial charge in [0.25, 0.3) is 5.91 Å². The Bertz CT molecular complexity index is 705. The number of esters is 1. The molecule has 0 radical (unpaired) electrons. The van der Waals surface area contributed by atoms with Crippen molar-refractivity contribution in [1.29, 1.82) is 0 Å². The zero-order valence-corrected chi connectivity index (χ0v) is 13.3. The van der Waals surface area contributed by atoms with Crippen LogP contribution in [0.3, 0.4) is 0 Å². The summed E-state index contributed by atoms with van der Waals surface area (Å²) < 4.78 is 19.3. The molecule has 0 saturated heterocycles. The van der Waals surface area contributed by atoms with Crippen LogP contribution in [0, 0.1) is 5.82 Å². The first-order valence-electron chi connectivity index (χ1n) is 6.49. The highest BCUT2D eigenvalue weighted by molar-refractivity contribution is 9.10. The molecule has 0 fully saturated rings. The Morgan fingerprint density at radius 1 is 1.18 bits per heavy atom. The summed E-state index contributed by atoms with van der Waals surface area (Å²) in [6, 6.07) is 12.4. The molecular formula is C16H13BrFNO3. The lowest BCUT2D eigenvalue weighted by Gasteiger charge is -2.14. The van der Waals surface area contributed by atoms with Gasteiger partial charge in [-0.1, -0.05) is 34.1 Å². The lowest BCUT2D eigenvalue weighted by molar-refractivity contribution is -0.123. The number of nitrogens with one attached hydrogen (secondary N) is 1. The van der Waals surface area contributed by atoms with Crippen LogP contribution in [-0.2, 0) is 9.53 Å². The van der Waals surface area contributed by atoms with Crippen molar-refractivity contribution in [1.82, 2.24) is 0 Å². The van der Waals surface area contributed by atoms with Crippen molar-refractivity contribution in [3.05, 3.63) is 64.4 Å². The Balaban J connectivity index is 1.99. The Morgan fingerprint density at radius 3 is 2.59 bits per heavy atom. The van der Waals surface area contributed by atoms with Crippen LogP contribution in [-0.4, -0.2) is 18.0 Å². The molecule has 6 heteroatoms. The van der Waals surface area contributed by atoms with Crippen LogP contribution in [0.4, 0.5) is 10.1 Å². The van der Waals surface area contributed by atoms with E-state index in [1.807, 2.05) is 6.07 Å². The lowest BCUT2D eigenvalue weighted by Crippen LogP contribution is -2.30. The third-order valence-corrected chi connectivity index (χ3v) is 3.33. The van der Waals surface area contributed by atoms with Crippen molar-refractivity contribution >= 4 is 33.5 Å². The average Bonchev–Trinajstić information content (AvgIpc) is 2.47. The molecule has 2 rings (SSSR count). The van der Waals surface area contributed by atoms with E-state index in [1.165, 1.54) is 25.1 Å². The molecule has 1 amide bonds. The smallest absolute Gasteiger partial charge is 0.341 e. The summed E-state index contributed by atoms with van der Waals surface area (Å²) in [4.78, 5) is 23.8. The molecule has 22 heavy (non-hydrogen) atoms. The summed E-state index contributed by atoms with van der Waals surface area (Å²) in [5, 5.41) is 2.61. The van der Waals surface area contributed by atoms with E-state index in [1.54, 1.807) is 18.2 Å². The van der Waals surface area contributed by atoms with Crippen molar-refractivity contribution in [2.45, 2.75) is 13.0 Å². The lowest BCUT2D eigenvalue weighted by atomic mass is 10.2. The highest BCUT2D eigenvalue weighted by Crippen LogP contribution is 2.16. The van der Waals surface area contributed by atoms with Crippen molar-refractivity contribution in [3.8, 4) is 0 Å². The van der Waals surface area contributed by atoms with Crippen LogP contribution in [0.1, 0.15) is 17.3 Å². The van der Waals surface area contributed by atoms with Gasteiger partial charge in [0.05, 0.1) is 5.56 Å². The number of carbonyl (C=O) groups is 2. The second kappa shape index (κ2) is 7.17. The van der Waals surface area contributed by atoms with E-state index in [-0.39, 0.29) is 5.56 Å². The fourth-order valence-electron chi connectivity index (χ4n) is 1.71. The van der Waals surface area contributed by atoms with Gasteiger partial charge in [-0.3, -0.25) is 4.79 Å². The van der Waals surface area contributed by atoms with Crippen LogP contribution >= 0.6 is 15.9 Å². The molecule has 0 aliphatic carbocycles. The predicted molar refractivity (Wildman–Crippen MR) is 84.0 cm³/mol. The third-order valence-electron chi connectivity index (χ3n) is 2.84. The molecule has 0 bridgehead atoms. The third kappa shape index (κ3) is 4.14. The number of carbonyl (C=O) groups excluding carboxylic acids is 2. The summed E-state index contributed by atoms with van der Waals surface area (Å²) >= 11 is 3.29. The van der Waals surface area contributed by atoms with E-state index in [9.17, 15) is 14.0 Å². The highest BCUT2D eigenvalue weighted by atomic mass is 79.9. The topological polar surface area (TPSA) is 55.4 Å². The molecule has 0 heterocycles. The summed E-state index contributed by atoms with van der Waals surface area (Å²) in [5.41, 5.74) is 0.359. The maximum Gasteiger partial charge on any atom is 0.341 e. The van der Waals surface area contributed by atoms with Crippen molar-refractivity contribution < 1.29 is 18.7 Å². The molecule has 0 spiro atoms. The molecule has 2 aromatic rings. The Kier molecular flexibility index (Phi) is 5.27. The van der Waals surface area contributed by atoms with E-state index >= 15 is 0 Å². The van der Waals surface area contributed by atoms with Crippen molar-refractivity contribution in [2.75, 3.05) is 5.32 Å². The van der Waals surface area contributed by atoms with Gasteiger partial charge in [0.2, 0.25) is 0 Å². The molecule has 1 N–H and O–H groups in total. The minimum Gasteiger partial charge on any atom is -0.449 e. The molecule has 0 aliphatic heterocycles. The first kappa shape index (κ1) is 16.2. The van der Waals surface area contributed by atoms with Gasteiger partial charge in [-0.25, -0.2) is 9.18 Å². The van der Waals surface area contributed by atoms with Gasteiger partial charge < -0.3 is 10.1 Å². The Hall–Kier alpha value is -2.21. The average molecular weight is 366 g/mol. The summed E-state index contributed by atoms with van der Waals surface area (Å²) in [6.45, 7) is 1.42. The second-order valence-electron chi connectivity index (χ2n) is 4.53. The SMILES string of the molecule is C[C@@H](OC(=O)c1ccccc1F)C(=O)Nc1cccc(Br)c1. The van der Waals surface area contributed by atoms with Gasteiger partial charge in [0.15, 0.2) is 6.10 Å². The fourth-order valence-corrected chi connectivity index (χ4v) is 2.11. The number of anilines is 1. The van der Waals surface area contributed by atoms with E-state index in [0.29, 0.717) is 5.69 Å². The van der Waals surface area contributed by atoms with Gasteiger partial charge in [0.1, 0.15) is 5.82 Å². The molecule has 0 saturated carbocycles. The number of hydrogen-bond acceptors (Lipinski definition) is 3. The van der Waals surface area contributed by atoms with Gasteiger partial charge >= 0.3 is 5.97 Å². The number of halogens is 2. The van der Waals surface area contributed by atoms with E-state index in [4.69, 9.17) is 4.74 Å². The first-order valence-corrected chi connectivity index (χ1v) is 7.28. The second-order valence-corrected chi connectivity index (χ2v) is 5.44. The van der Waals surface area contributed by atoms with Crippen LogP contribution < -0.4 is 5.32 Å². The predicted octanol–water partition coefficient (Wildman–Crippen LogP) is 3.77. The van der Waals surface area contributed by atoms with Crippen LogP contribution in [0.5, 0.6) is 0 Å². The van der Waals surface area contributed by atoms with Crippen LogP contribution in [0.15, 0.2) is 53.0 Å². The quantitative estimate of drug-likeness (QED) is 0.839. The van der Waals surface area contributed by atoms with E-state index in [2.05, 4.69) is 21.2 Å². The molecule has 4 nitrogen and oxygen atoms in total. The Morgan fingerprint density at radius 2 is 1.91 bits per heavy atom. The minimum absolute atomic E-state index is 0.204. The van der Waals surface area contributed by atoms with Gasteiger partial charge in [0, 0.05) is 10.2 Å². The normalized spacial score (nSPS) is 11.6. The highest BCUT2D eigenvalue weighted by Gasteiger charge is 2.20. The number of benzene rings is 2. The molecule has 0 aliphatic rings. The number of rotatable bonds is 4. The standard InChI is InChI=1S/C16H13BrFNO3/c1-10(15(20)19-12-6-4-5-11(17)9-12)22-16(21)13-7-2-3-8-14(13)18/h2-10H,1H3,(H,19,20)/t10-/m1/s1. The van der Waals surface area contributed by atoms with Gasteiger partial charge in [-0.05, 0) is 37.3 Å². The Labute approximate surface area is 135 Å². The van der Waals surface area contributed by atoms with Crippen LogP contribution in [0.25, 0.3) is 0 Å². The number of amides is 1. The summed E-state index contributed by atoms with van der Waals surface area (Å²) in [6.07, 6.45) is -1.05. The molecule has 1 atom stereocenters. The number of hydrogen-bond donors (Lipinski definition) is 1. The molecule has 114 valence electrons. The monoisotopic (exact) mass is 365 g/mol. The van der Waals surface area contributed by atoms with Crippen LogP contribution in [0.2, 0.25) is 0 Å². The summed E-state index contributed by atoms with van der Waals surface area (Å²) in [7, 11) is 0. The molecule has 0 aromatic heterocycles. The zero-order chi connectivity index (χ0) is 16.1. The fraction of sp³-hybridized carbons (Fsp3) is 0.125. The molecule has 2 aromatic carbocycles. The largest absolute Gasteiger partial charge is 0.449 e. The van der Waals surface area contributed by atoms with Crippen molar-refractivity contribution in [2.24, 2.45) is 0 Å². The zero-order valence-electron chi connectivity index (χ0n) is 11.7. The van der Waals surface area contributed by atoms with E-state index < -0.39 is 23.8 Å². The maximum atomic E-state index is 13.5. The van der Waals surface area contributed by atoms with Gasteiger partial charge in [-0.15, -0.1) is 0 Å². The maximum absolute atomic E-state index is 13.5. The number of ether oxygens (including phenoxy) is 1. The van der Waals surface area contributed by atoms with Crippen molar-refractivity contribution in [3.63, 3.8) is 0 Å². The molecule has 0 unspecified atom stereocenters. The van der Waals surface area contributed by atoms with Gasteiger partial charge in [-0.2, -0.15) is 0 Å². The first-order chi connectivity index (χ1) is 10.5. The minimum atomic E-state index is -1.05. The van der Waals surface area contributed by atoms with E-state index in [0.717, 1.165) is 10.5 Å². The molecular weight excluding hydrogens is 353 g/mol. The summed E-state index contributed by atoms with van der Waals surface area (Å²) in [5.74, 6) is -2.06.